The largest absolute Gasteiger partial charge is 0.481 e. The molecule has 1 amide bonds. The van der Waals surface area contributed by atoms with Gasteiger partial charge in [0.05, 0.1) is 12.6 Å². The Kier molecular flexibility index (Phi) is 13.2. The van der Waals surface area contributed by atoms with Crippen molar-refractivity contribution in [2.45, 2.75) is 109 Å². The minimum atomic E-state index is -0.681. The van der Waals surface area contributed by atoms with E-state index in [2.05, 4.69) is 0 Å². The average Bonchev–Trinajstić information content (AvgIpc) is 3.10. The summed E-state index contributed by atoms with van der Waals surface area (Å²) in [5, 5.41) is 17.8. The molecule has 0 aromatic rings. The Bertz CT molecular complexity index is 386. The third-order valence-electron chi connectivity index (χ3n) is 5.44. The highest BCUT2D eigenvalue weighted by atomic mass is 16.4. The van der Waals surface area contributed by atoms with Crippen LogP contribution in [-0.2, 0) is 9.59 Å². The lowest BCUT2D eigenvalue weighted by Gasteiger charge is -2.22. The summed E-state index contributed by atoms with van der Waals surface area (Å²) in [7, 11) is 0. The van der Waals surface area contributed by atoms with Crippen LogP contribution in [0.4, 0.5) is 0 Å². The van der Waals surface area contributed by atoms with Crippen molar-refractivity contribution in [3.05, 3.63) is 0 Å². The molecule has 0 saturated carbocycles. The molecule has 1 aliphatic heterocycles. The van der Waals surface area contributed by atoms with E-state index in [4.69, 9.17) is 5.11 Å². The number of aliphatic hydroxyl groups excluding tert-OH is 1. The molecule has 1 aliphatic rings. The summed E-state index contributed by atoms with van der Waals surface area (Å²) in [5.41, 5.74) is 0. The molecule has 0 radical (unpaired) electrons. The lowest BCUT2D eigenvalue weighted by molar-refractivity contribution is -0.137. The van der Waals surface area contributed by atoms with E-state index < -0.39 is 5.97 Å². The van der Waals surface area contributed by atoms with E-state index in [-0.39, 0.29) is 18.6 Å². The molecule has 26 heavy (non-hydrogen) atoms. The molecule has 1 heterocycles. The second-order valence-electron chi connectivity index (χ2n) is 7.70. The van der Waals surface area contributed by atoms with Crippen LogP contribution in [0.3, 0.4) is 0 Å². The monoisotopic (exact) mass is 369 g/mol. The van der Waals surface area contributed by atoms with Crippen molar-refractivity contribution in [3.63, 3.8) is 0 Å². The first-order valence-electron chi connectivity index (χ1n) is 10.8. The van der Waals surface area contributed by atoms with Crippen LogP contribution in [0, 0.1) is 0 Å². The molecule has 0 aliphatic carbocycles. The van der Waals surface area contributed by atoms with Gasteiger partial charge in [-0.15, -0.1) is 0 Å². The Morgan fingerprint density at radius 1 is 0.769 bits per heavy atom. The van der Waals surface area contributed by atoms with Gasteiger partial charge < -0.3 is 15.1 Å². The molecule has 152 valence electrons. The topological polar surface area (TPSA) is 77.8 Å². The van der Waals surface area contributed by atoms with Crippen LogP contribution < -0.4 is 0 Å². The summed E-state index contributed by atoms with van der Waals surface area (Å²) >= 11 is 0. The SMILES string of the molecule is O=C(O)CCCCCCCCCCCCCCC(=O)N1CCC[C@H]1CO. The quantitative estimate of drug-likeness (QED) is 0.392. The summed E-state index contributed by atoms with van der Waals surface area (Å²) in [4.78, 5) is 24.4. The molecular weight excluding hydrogens is 330 g/mol. The Morgan fingerprint density at radius 3 is 1.69 bits per heavy atom. The zero-order valence-corrected chi connectivity index (χ0v) is 16.5. The maximum Gasteiger partial charge on any atom is 0.303 e. The predicted molar refractivity (Wildman–Crippen MR) is 104 cm³/mol. The van der Waals surface area contributed by atoms with E-state index in [1.165, 1.54) is 44.9 Å². The Labute approximate surface area is 159 Å². The maximum atomic E-state index is 12.1. The van der Waals surface area contributed by atoms with E-state index in [0.717, 1.165) is 51.5 Å². The first kappa shape index (κ1) is 22.9. The van der Waals surface area contributed by atoms with Crippen LogP contribution in [0.25, 0.3) is 0 Å². The number of rotatable bonds is 16. The van der Waals surface area contributed by atoms with Crippen LogP contribution in [-0.4, -0.2) is 46.2 Å². The number of carbonyl (C=O) groups is 2. The van der Waals surface area contributed by atoms with Crippen LogP contribution >= 0.6 is 0 Å². The van der Waals surface area contributed by atoms with E-state index in [9.17, 15) is 14.7 Å². The van der Waals surface area contributed by atoms with Gasteiger partial charge in [0.15, 0.2) is 0 Å². The lowest BCUT2D eigenvalue weighted by atomic mass is 10.0. The van der Waals surface area contributed by atoms with Gasteiger partial charge in [-0.3, -0.25) is 9.59 Å². The van der Waals surface area contributed by atoms with Crippen molar-refractivity contribution < 1.29 is 19.8 Å². The lowest BCUT2D eigenvalue weighted by Crippen LogP contribution is -2.37. The fraction of sp³-hybridized carbons (Fsp3) is 0.905. The summed E-state index contributed by atoms with van der Waals surface area (Å²) in [6.45, 7) is 0.928. The van der Waals surface area contributed by atoms with Gasteiger partial charge in [-0.1, -0.05) is 64.2 Å². The van der Waals surface area contributed by atoms with Crippen molar-refractivity contribution in [2.24, 2.45) is 0 Å². The standard InChI is InChI=1S/C21H39NO4/c23-18-19-14-13-17-22(19)20(24)15-11-9-7-5-3-1-2-4-6-8-10-12-16-21(25)26/h19,23H,1-18H2,(H,25,26)/t19-/m0/s1. The normalized spacial score (nSPS) is 17.0. The third-order valence-corrected chi connectivity index (χ3v) is 5.44. The number of hydrogen-bond acceptors (Lipinski definition) is 3. The molecule has 1 atom stereocenters. The van der Waals surface area contributed by atoms with Crippen molar-refractivity contribution in [2.75, 3.05) is 13.2 Å². The molecule has 0 spiro atoms. The molecule has 0 aromatic carbocycles. The number of unbranched alkanes of at least 4 members (excludes halogenated alkanes) is 11. The van der Waals surface area contributed by atoms with Crippen LogP contribution in [0.1, 0.15) is 103 Å². The van der Waals surface area contributed by atoms with Gasteiger partial charge in [0.25, 0.3) is 0 Å². The number of hydrogen-bond donors (Lipinski definition) is 2. The molecule has 1 fully saturated rings. The van der Waals surface area contributed by atoms with Crippen molar-refractivity contribution >= 4 is 11.9 Å². The van der Waals surface area contributed by atoms with E-state index >= 15 is 0 Å². The smallest absolute Gasteiger partial charge is 0.303 e. The number of carbonyl (C=O) groups excluding carboxylic acids is 1. The molecular formula is C21H39NO4. The number of nitrogens with zero attached hydrogens (tertiary/aromatic N) is 1. The van der Waals surface area contributed by atoms with Crippen molar-refractivity contribution in [3.8, 4) is 0 Å². The first-order chi connectivity index (χ1) is 12.6. The Morgan fingerprint density at radius 2 is 1.23 bits per heavy atom. The number of carboxylic acids is 1. The molecule has 1 rings (SSSR count). The molecule has 0 aromatic heterocycles. The minimum absolute atomic E-state index is 0.0691. The fourth-order valence-corrected chi connectivity index (χ4v) is 3.82. The molecule has 1 saturated heterocycles. The minimum Gasteiger partial charge on any atom is -0.481 e. The van der Waals surface area contributed by atoms with E-state index in [1.807, 2.05) is 4.90 Å². The Balaban J connectivity index is 1.81. The van der Waals surface area contributed by atoms with Gasteiger partial charge in [0.2, 0.25) is 5.91 Å². The van der Waals surface area contributed by atoms with Crippen molar-refractivity contribution in [1.82, 2.24) is 4.90 Å². The molecule has 5 nitrogen and oxygen atoms in total. The maximum absolute atomic E-state index is 12.1. The highest BCUT2D eigenvalue weighted by Gasteiger charge is 2.27. The van der Waals surface area contributed by atoms with Crippen molar-refractivity contribution in [1.29, 1.82) is 0 Å². The number of aliphatic hydroxyl groups is 1. The predicted octanol–water partition coefficient (Wildman–Crippen LogP) is 4.52. The number of amides is 1. The van der Waals surface area contributed by atoms with Gasteiger partial charge in [-0.05, 0) is 25.7 Å². The van der Waals surface area contributed by atoms with Gasteiger partial charge in [0, 0.05) is 19.4 Å². The van der Waals surface area contributed by atoms with Crippen LogP contribution in [0.5, 0.6) is 0 Å². The average molecular weight is 370 g/mol. The second-order valence-corrected chi connectivity index (χ2v) is 7.70. The van der Waals surface area contributed by atoms with Gasteiger partial charge >= 0.3 is 5.97 Å². The molecule has 0 unspecified atom stereocenters. The van der Waals surface area contributed by atoms with E-state index in [1.54, 1.807) is 0 Å². The van der Waals surface area contributed by atoms with E-state index in [0.29, 0.717) is 12.8 Å². The van der Waals surface area contributed by atoms with Crippen LogP contribution in [0.15, 0.2) is 0 Å². The highest BCUT2D eigenvalue weighted by Crippen LogP contribution is 2.19. The fourth-order valence-electron chi connectivity index (χ4n) is 3.82. The zero-order valence-electron chi connectivity index (χ0n) is 16.5. The van der Waals surface area contributed by atoms with Gasteiger partial charge in [0.1, 0.15) is 0 Å². The molecule has 0 bridgehead atoms. The number of likely N-dealkylation sites (tertiary alicyclic amines) is 1. The van der Waals surface area contributed by atoms with Crippen LogP contribution in [0.2, 0.25) is 0 Å². The number of aliphatic carboxylic acids is 1. The third kappa shape index (κ3) is 10.8. The summed E-state index contributed by atoms with van der Waals surface area (Å²) < 4.78 is 0. The highest BCUT2D eigenvalue weighted by molar-refractivity contribution is 5.76. The molecule has 5 heteroatoms. The first-order valence-corrected chi connectivity index (χ1v) is 10.8. The second kappa shape index (κ2) is 15.0. The summed E-state index contributed by atoms with van der Waals surface area (Å²) in [6, 6.07) is 0.0691. The Hall–Kier alpha value is -1.10. The summed E-state index contributed by atoms with van der Waals surface area (Å²) in [6.07, 6.45) is 16.9. The van der Waals surface area contributed by atoms with Gasteiger partial charge in [-0.25, -0.2) is 0 Å². The van der Waals surface area contributed by atoms with Gasteiger partial charge in [-0.2, -0.15) is 0 Å². The molecule has 2 N–H and O–H groups in total. The summed E-state index contributed by atoms with van der Waals surface area (Å²) in [5.74, 6) is -0.454. The zero-order chi connectivity index (χ0) is 19.0. The number of carboxylic acid groups (broad SMARTS) is 1.